The quantitative estimate of drug-likeness (QED) is 0.722. The van der Waals surface area contributed by atoms with Crippen molar-refractivity contribution < 1.29 is 13.9 Å². The van der Waals surface area contributed by atoms with E-state index < -0.39 is 0 Å². The number of nitrogens with one attached hydrogen (secondary N) is 1. The molecule has 3 aromatic rings. The fourth-order valence-electron chi connectivity index (χ4n) is 2.26. The number of carbonyl (C=O) groups excluding carboxylic acids is 1. The summed E-state index contributed by atoms with van der Waals surface area (Å²) < 4.78 is 18.6. The predicted octanol–water partition coefficient (Wildman–Crippen LogP) is 4.21. The number of amides is 1. The van der Waals surface area contributed by atoms with Gasteiger partial charge in [-0.3, -0.25) is 4.79 Å². The van der Waals surface area contributed by atoms with Crippen LogP contribution in [-0.2, 0) is 0 Å². The summed E-state index contributed by atoms with van der Waals surface area (Å²) in [4.78, 5) is 20.6. The summed E-state index contributed by atoms with van der Waals surface area (Å²) in [7, 11) is 0. The molecule has 26 heavy (non-hydrogen) atoms. The lowest BCUT2D eigenvalue weighted by molar-refractivity contribution is 0.0948. The number of ether oxygens (including phenoxy) is 1. The van der Waals surface area contributed by atoms with Crippen molar-refractivity contribution in [2.24, 2.45) is 0 Å². The lowest BCUT2D eigenvalue weighted by Crippen LogP contribution is -2.25. The van der Waals surface area contributed by atoms with E-state index in [1.165, 1.54) is 12.1 Å². The van der Waals surface area contributed by atoms with Gasteiger partial charge in [0.25, 0.3) is 5.91 Å². The average molecular weight is 351 g/mol. The van der Waals surface area contributed by atoms with E-state index >= 15 is 0 Å². The van der Waals surface area contributed by atoms with E-state index in [0.717, 1.165) is 12.0 Å². The summed E-state index contributed by atoms with van der Waals surface area (Å²) >= 11 is 0. The second-order valence-electron chi connectivity index (χ2n) is 5.60. The van der Waals surface area contributed by atoms with E-state index in [-0.39, 0.29) is 11.7 Å². The van der Waals surface area contributed by atoms with Crippen molar-refractivity contribution in [1.29, 1.82) is 0 Å². The number of hydrogen-bond acceptors (Lipinski definition) is 4. The Morgan fingerprint density at radius 2 is 1.69 bits per heavy atom. The number of carbonyl (C=O) groups is 1. The number of hydrogen-bond donors (Lipinski definition) is 1. The highest BCUT2D eigenvalue weighted by Gasteiger charge is 2.09. The van der Waals surface area contributed by atoms with Crippen LogP contribution in [0.2, 0.25) is 0 Å². The summed E-state index contributed by atoms with van der Waals surface area (Å²) in [6.45, 7) is 2.59. The molecule has 132 valence electrons. The molecule has 0 aliphatic rings. The van der Waals surface area contributed by atoms with Gasteiger partial charge in [-0.25, -0.2) is 14.4 Å². The molecule has 2 aromatic carbocycles. The molecule has 1 aromatic heterocycles. The van der Waals surface area contributed by atoms with E-state index in [1.54, 1.807) is 36.5 Å². The Morgan fingerprint density at radius 1 is 1.04 bits per heavy atom. The standard InChI is InChI=1S/C20H18FN3O2/c1-2-12-23-20(25)18-11-13-22-19(24-18)14-3-7-16(8-4-14)26-17-9-5-15(21)6-10-17/h3-11,13H,2,12H2,1H3,(H,23,25). The monoisotopic (exact) mass is 351 g/mol. The molecule has 0 aliphatic carbocycles. The molecular weight excluding hydrogens is 333 g/mol. The van der Waals surface area contributed by atoms with E-state index in [9.17, 15) is 9.18 Å². The van der Waals surface area contributed by atoms with Gasteiger partial charge in [-0.2, -0.15) is 0 Å². The van der Waals surface area contributed by atoms with Gasteiger partial charge in [-0.05, 0) is 61.0 Å². The van der Waals surface area contributed by atoms with Gasteiger partial charge in [0.15, 0.2) is 5.82 Å². The third-order valence-corrected chi connectivity index (χ3v) is 3.59. The number of rotatable bonds is 6. The van der Waals surface area contributed by atoms with Crippen LogP contribution in [0.1, 0.15) is 23.8 Å². The van der Waals surface area contributed by atoms with Crippen LogP contribution < -0.4 is 10.1 Å². The smallest absolute Gasteiger partial charge is 0.270 e. The molecular formula is C20H18FN3O2. The van der Waals surface area contributed by atoms with Crippen LogP contribution in [0, 0.1) is 5.82 Å². The highest BCUT2D eigenvalue weighted by molar-refractivity contribution is 5.92. The van der Waals surface area contributed by atoms with Gasteiger partial charge in [0, 0.05) is 18.3 Å². The van der Waals surface area contributed by atoms with Crippen molar-refractivity contribution in [3.63, 3.8) is 0 Å². The number of halogens is 1. The molecule has 0 fully saturated rings. The predicted molar refractivity (Wildman–Crippen MR) is 96.6 cm³/mol. The zero-order valence-electron chi connectivity index (χ0n) is 14.3. The molecule has 0 aliphatic heterocycles. The maximum Gasteiger partial charge on any atom is 0.270 e. The second kappa shape index (κ2) is 8.20. The van der Waals surface area contributed by atoms with Crippen LogP contribution in [0.3, 0.4) is 0 Å². The maximum absolute atomic E-state index is 12.9. The van der Waals surface area contributed by atoms with Crippen LogP contribution in [-0.4, -0.2) is 22.4 Å². The molecule has 5 nitrogen and oxygen atoms in total. The summed E-state index contributed by atoms with van der Waals surface area (Å²) in [6, 6.07) is 14.5. The van der Waals surface area contributed by atoms with Gasteiger partial charge >= 0.3 is 0 Å². The number of nitrogens with zero attached hydrogens (tertiary/aromatic N) is 2. The number of benzene rings is 2. The van der Waals surface area contributed by atoms with E-state index in [4.69, 9.17) is 4.74 Å². The zero-order chi connectivity index (χ0) is 18.4. The van der Waals surface area contributed by atoms with Gasteiger partial charge in [0.1, 0.15) is 23.0 Å². The minimum Gasteiger partial charge on any atom is -0.457 e. The van der Waals surface area contributed by atoms with Crippen LogP contribution in [0.5, 0.6) is 11.5 Å². The zero-order valence-corrected chi connectivity index (χ0v) is 14.3. The fourth-order valence-corrected chi connectivity index (χ4v) is 2.26. The molecule has 0 saturated carbocycles. The van der Waals surface area contributed by atoms with Crippen LogP contribution in [0.25, 0.3) is 11.4 Å². The molecule has 0 unspecified atom stereocenters. The summed E-state index contributed by atoms with van der Waals surface area (Å²) in [5.74, 6) is 1.09. The first-order valence-corrected chi connectivity index (χ1v) is 8.31. The summed E-state index contributed by atoms with van der Waals surface area (Å²) in [6.07, 6.45) is 2.42. The molecule has 0 atom stereocenters. The highest BCUT2D eigenvalue weighted by atomic mass is 19.1. The Hall–Kier alpha value is -3.28. The molecule has 1 amide bonds. The molecule has 6 heteroatoms. The number of aromatic nitrogens is 2. The third kappa shape index (κ3) is 4.42. The topological polar surface area (TPSA) is 64.1 Å². The van der Waals surface area contributed by atoms with Gasteiger partial charge in [-0.1, -0.05) is 6.92 Å². The molecule has 0 bridgehead atoms. The Morgan fingerprint density at radius 3 is 2.35 bits per heavy atom. The molecule has 0 radical (unpaired) electrons. The largest absolute Gasteiger partial charge is 0.457 e. The van der Waals surface area contributed by atoms with Gasteiger partial charge in [-0.15, -0.1) is 0 Å². The highest BCUT2D eigenvalue weighted by Crippen LogP contribution is 2.24. The SMILES string of the molecule is CCCNC(=O)c1ccnc(-c2ccc(Oc3ccc(F)cc3)cc2)n1. The average Bonchev–Trinajstić information content (AvgIpc) is 2.68. The van der Waals surface area contributed by atoms with Crippen molar-refractivity contribution in [1.82, 2.24) is 15.3 Å². The van der Waals surface area contributed by atoms with Gasteiger partial charge in [0.05, 0.1) is 0 Å². The van der Waals surface area contributed by atoms with E-state index in [1.807, 2.05) is 19.1 Å². The van der Waals surface area contributed by atoms with Crippen LogP contribution >= 0.6 is 0 Å². The fraction of sp³-hybridized carbons (Fsp3) is 0.150. The summed E-state index contributed by atoms with van der Waals surface area (Å²) in [5, 5.41) is 2.79. The lowest BCUT2D eigenvalue weighted by atomic mass is 10.2. The molecule has 3 rings (SSSR count). The first-order chi connectivity index (χ1) is 12.7. The minimum atomic E-state index is -0.312. The van der Waals surface area contributed by atoms with Crippen molar-refractivity contribution in [2.75, 3.05) is 6.54 Å². The first kappa shape index (κ1) is 17.5. The van der Waals surface area contributed by atoms with Crippen LogP contribution in [0.15, 0.2) is 60.8 Å². The minimum absolute atomic E-state index is 0.216. The Kier molecular flexibility index (Phi) is 5.53. The van der Waals surface area contributed by atoms with Gasteiger partial charge in [0.2, 0.25) is 0 Å². The Balaban J connectivity index is 1.74. The van der Waals surface area contributed by atoms with Crippen LogP contribution in [0.4, 0.5) is 4.39 Å². The maximum atomic E-state index is 12.9. The second-order valence-corrected chi connectivity index (χ2v) is 5.60. The molecule has 1 heterocycles. The van der Waals surface area contributed by atoms with Crippen molar-refractivity contribution >= 4 is 5.91 Å². The van der Waals surface area contributed by atoms with Crippen molar-refractivity contribution in [3.05, 3.63) is 72.3 Å². The Labute approximate surface area is 150 Å². The van der Waals surface area contributed by atoms with E-state index in [0.29, 0.717) is 29.6 Å². The van der Waals surface area contributed by atoms with E-state index in [2.05, 4.69) is 15.3 Å². The summed E-state index contributed by atoms with van der Waals surface area (Å²) in [5.41, 5.74) is 1.09. The molecule has 0 spiro atoms. The first-order valence-electron chi connectivity index (χ1n) is 8.31. The van der Waals surface area contributed by atoms with Gasteiger partial charge < -0.3 is 10.1 Å². The third-order valence-electron chi connectivity index (χ3n) is 3.59. The van der Waals surface area contributed by atoms with Crippen molar-refractivity contribution in [3.8, 4) is 22.9 Å². The lowest BCUT2D eigenvalue weighted by Gasteiger charge is -2.07. The van der Waals surface area contributed by atoms with Crippen molar-refractivity contribution in [2.45, 2.75) is 13.3 Å². The molecule has 1 N–H and O–H groups in total. The Bertz CT molecular complexity index is 880. The molecule has 0 saturated heterocycles. The normalized spacial score (nSPS) is 10.4.